The molecule has 3 heterocycles. The third-order valence-electron chi connectivity index (χ3n) is 6.06. The fourth-order valence-electron chi connectivity index (χ4n) is 4.81. The highest BCUT2D eigenvalue weighted by Crippen LogP contribution is 2.65. The number of thioether (sulfide) groups is 1. The van der Waals surface area contributed by atoms with E-state index in [2.05, 4.69) is 43.3 Å². The van der Waals surface area contributed by atoms with Crippen LogP contribution in [0.5, 0.6) is 0 Å². The van der Waals surface area contributed by atoms with E-state index in [1.54, 1.807) is 11.8 Å². The first-order chi connectivity index (χ1) is 14.2. The number of carbonyl (C=O) groups is 1. The van der Waals surface area contributed by atoms with Crippen molar-refractivity contribution >= 4 is 33.6 Å². The maximum Gasteiger partial charge on any atom is 0.242 e. The average molecular weight is 394 g/mol. The van der Waals surface area contributed by atoms with Crippen LogP contribution >= 0.6 is 11.8 Å². The lowest BCUT2D eigenvalue weighted by Gasteiger charge is -2.27. The first-order valence-electron chi connectivity index (χ1n) is 9.75. The monoisotopic (exact) mass is 394 g/mol. The lowest BCUT2D eigenvalue weighted by Crippen LogP contribution is -2.29. The van der Waals surface area contributed by atoms with Crippen LogP contribution in [0.3, 0.4) is 0 Å². The molecule has 0 bridgehead atoms. The molecule has 0 saturated carbocycles. The Morgan fingerprint density at radius 2 is 1.55 bits per heavy atom. The summed E-state index contributed by atoms with van der Waals surface area (Å²) >= 11 is 1.78. The highest BCUT2D eigenvalue weighted by Gasteiger charge is 2.61. The molecule has 4 aromatic rings. The van der Waals surface area contributed by atoms with Gasteiger partial charge in [-0.15, -0.1) is 11.8 Å². The fraction of sp³-hybridized carbons (Fsp3) is 0.120. The molecular weight excluding hydrogens is 376 g/mol. The number of rotatable bonds is 2. The molecule has 0 spiro atoms. The normalized spacial score (nSPS) is 22.9. The summed E-state index contributed by atoms with van der Waals surface area (Å²) in [7, 11) is 0. The molecule has 29 heavy (non-hydrogen) atoms. The second-order valence-corrected chi connectivity index (χ2v) is 8.87. The van der Waals surface area contributed by atoms with Crippen molar-refractivity contribution in [2.24, 2.45) is 5.92 Å². The number of hydrogen-bond donors (Lipinski definition) is 0. The number of carbonyl (C=O) groups excluding carboxylic acids is 1. The van der Waals surface area contributed by atoms with Gasteiger partial charge in [-0.25, -0.2) is 4.98 Å². The van der Waals surface area contributed by atoms with Crippen LogP contribution in [0.25, 0.3) is 15.9 Å². The minimum Gasteiger partial charge on any atom is -0.273 e. The Morgan fingerprint density at radius 1 is 0.897 bits per heavy atom. The fourth-order valence-corrected chi connectivity index (χ4v) is 6.55. The number of nitrogens with zero attached hydrogens (tertiary/aromatic N) is 2. The molecule has 4 heteroatoms. The van der Waals surface area contributed by atoms with E-state index in [9.17, 15) is 4.79 Å². The summed E-state index contributed by atoms with van der Waals surface area (Å²) in [6.07, 6.45) is 0. The molecule has 0 saturated heterocycles. The molecule has 3 aromatic carbocycles. The summed E-state index contributed by atoms with van der Waals surface area (Å²) in [5, 5.41) is 0. The summed E-state index contributed by atoms with van der Waals surface area (Å²) < 4.78 is 1.32. The maximum atomic E-state index is 13.8. The van der Waals surface area contributed by atoms with Crippen molar-refractivity contribution in [2.45, 2.75) is 11.7 Å². The largest absolute Gasteiger partial charge is 0.273 e. The van der Waals surface area contributed by atoms with Crippen LogP contribution in [0.1, 0.15) is 28.7 Å². The van der Waals surface area contributed by atoms with Gasteiger partial charge in [-0.1, -0.05) is 72.8 Å². The molecule has 0 aliphatic carbocycles. The second kappa shape index (κ2) is 5.94. The molecule has 0 radical (unpaired) electrons. The standard InChI is InChI=1S/C25H18N2OS/c1-16-21-23(28)27-20-15-9-8-14-19(20)26-24(27)25(21,18-12-6-3-7-13-18)29-22(16)17-10-4-2-5-11-17/h2-15,21H,1H3/t21-,25-/m1/s1. The van der Waals surface area contributed by atoms with E-state index >= 15 is 0 Å². The Labute approximate surface area is 173 Å². The Hall–Kier alpha value is -3.11. The van der Waals surface area contributed by atoms with Crippen LogP contribution < -0.4 is 0 Å². The van der Waals surface area contributed by atoms with Crippen molar-refractivity contribution < 1.29 is 4.79 Å². The van der Waals surface area contributed by atoms with Gasteiger partial charge >= 0.3 is 0 Å². The van der Waals surface area contributed by atoms with Crippen molar-refractivity contribution in [1.82, 2.24) is 9.55 Å². The maximum absolute atomic E-state index is 13.8. The SMILES string of the molecule is CC1=C(c2ccccc2)S[C@@]2(c3ccccc3)c3nc4ccccc4n3C(=O)[C@@H]12. The van der Waals surface area contributed by atoms with E-state index in [4.69, 9.17) is 4.98 Å². The van der Waals surface area contributed by atoms with Crippen molar-refractivity contribution in [1.29, 1.82) is 0 Å². The topological polar surface area (TPSA) is 34.9 Å². The third kappa shape index (κ3) is 2.10. The molecule has 2 atom stereocenters. The summed E-state index contributed by atoms with van der Waals surface area (Å²) in [4.78, 5) is 20.0. The van der Waals surface area contributed by atoms with E-state index in [1.807, 2.05) is 53.1 Å². The average Bonchev–Trinajstić information content (AvgIpc) is 3.38. The molecule has 1 aromatic heterocycles. The predicted molar refractivity (Wildman–Crippen MR) is 118 cm³/mol. The number of hydrogen-bond acceptors (Lipinski definition) is 3. The van der Waals surface area contributed by atoms with Crippen LogP contribution in [0.2, 0.25) is 0 Å². The van der Waals surface area contributed by atoms with Gasteiger partial charge in [-0.05, 0) is 35.8 Å². The van der Waals surface area contributed by atoms with Crippen LogP contribution in [-0.4, -0.2) is 15.5 Å². The highest BCUT2D eigenvalue weighted by atomic mass is 32.2. The molecule has 0 fully saturated rings. The smallest absolute Gasteiger partial charge is 0.242 e. The summed E-state index contributed by atoms with van der Waals surface area (Å²) in [5.41, 5.74) is 5.19. The Balaban J connectivity index is 1.66. The number of para-hydroxylation sites is 2. The lowest BCUT2D eigenvalue weighted by atomic mass is 9.82. The van der Waals surface area contributed by atoms with E-state index in [-0.39, 0.29) is 11.8 Å². The minimum absolute atomic E-state index is 0.119. The zero-order valence-electron chi connectivity index (χ0n) is 15.9. The van der Waals surface area contributed by atoms with Crippen LogP contribution in [0.15, 0.2) is 90.5 Å². The van der Waals surface area contributed by atoms with Crippen molar-refractivity contribution in [2.75, 3.05) is 0 Å². The Bertz CT molecular complexity index is 1310. The van der Waals surface area contributed by atoms with Gasteiger partial charge in [0.2, 0.25) is 5.91 Å². The van der Waals surface area contributed by atoms with Gasteiger partial charge in [0.25, 0.3) is 0 Å². The Kier molecular flexibility index (Phi) is 3.44. The van der Waals surface area contributed by atoms with Gasteiger partial charge in [-0.2, -0.15) is 0 Å². The van der Waals surface area contributed by atoms with E-state index in [0.717, 1.165) is 33.6 Å². The molecule has 0 N–H and O–H groups in total. The highest BCUT2D eigenvalue weighted by molar-refractivity contribution is 8.09. The number of imidazole rings is 1. The molecule has 3 nitrogen and oxygen atoms in total. The van der Waals surface area contributed by atoms with E-state index < -0.39 is 4.75 Å². The Morgan fingerprint density at radius 3 is 2.31 bits per heavy atom. The molecule has 0 amide bonds. The van der Waals surface area contributed by atoms with E-state index in [0.29, 0.717) is 0 Å². The van der Waals surface area contributed by atoms with Gasteiger partial charge in [0, 0.05) is 4.91 Å². The zero-order chi connectivity index (χ0) is 19.6. The molecule has 0 unspecified atom stereocenters. The first kappa shape index (κ1) is 16.8. The number of benzene rings is 3. The second-order valence-electron chi connectivity index (χ2n) is 7.61. The van der Waals surface area contributed by atoms with Gasteiger partial charge in [-0.3, -0.25) is 9.36 Å². The van der Waals surface area contributed by atoms with Gasteiger partial charge < -0.3 is 0 Å². The van der Waals surface area contributed by atoms with Gasteiger partial charge in [0.1, 0.15) is 10.6 Å². The van der Waals surface area contributed by atoms with Gasteiger partial charge in [0.05, 0.1) is 17.0 Å². The quantitative estimate of drug-likeness (QED) is 0.436. The van der Waals surface area contributed by atoms with Crippen molar-refractivity contribution in [3.05, 3.63) is 107 Å². The van der Waals surface area contributed by atoms with Crippen molar-refractivity contribution in [3.8, 4) is 0 Å². The van der Waals surface area contributed by atoms with E-state index in [1.165, 1.54) is 4.91 Å². The van der Waals surface area contributed by atoms with Crippen LogP contribution in [0, 0.1) is 5.92 Å². The first-order valence-corrected chi connectivity index (χ1v) is 10.6. The predicted octanol–water partition coefficient (Wildman–Crippen LogP) is 5.73. The summed E-state index contributed by atoms with van der Waals surface area (Å²) in [6, 6.07) is 28.7. The zero-order valence-corrected chi connectivity index (χ0v) is 16.7. The molecular formula is C25H18N2OS. The molecule has 2 aliphatic heterocycles. The van der Waals surface area contributed by atoms with Gasteiger partial charge in [0.15, 0.2) is 0 Å². The molecule has 140 valence electrons. The summed E-state index contributed by atoms with van der Waals surface area (Å²) in [6.45, 7) is 2.11. The number of aromatic nitrogens is 2. The molecule has 6 rings (SSSR count). The van der Waals surface area contributed by atoms with Crippen molar-refractivity contribution in [3.63, 3.8) is 0 Å². The number of allylic oxidation sites excluding steroid dienone is 1. The van der Waals surface area contributed by atoms with Crippen LogP contribution in [-0.2, 0) is 4.75 Å². The van der Waals surface area contributed by atoms with Crippen LogP contribution in [0.4, 0.5) is 0 Å². The summed E-state index contributed by atoms with van der Waals surface area (Å²) in [5.74, 6) is 0.709. The lowest BCUT2D eigenvalue weighted by molar-refractivity contribution is 0.0881. The number of fused-ring (bicyclic) bond motifs is 5. The minimum atomic E-state index is -0.535. The molecule has 2 aliphatic rings. The third-order valence-corrected chi connectivity index (χ3v) is 7.80.